The maximum absolute atomic E-state index is 11.5. The molecule has 0 unspecified atom stereocenters. The third kappa shape index (κ3) is 2.85. The fourth-order valence-corrected chi connectivity index (χ4v) is 3.77. The molecule has 1 aromatic heterocycles. The Morgan fingerprint density at radius 2 is 2.32 bits per heavy atom. The van der Waals surface area contributed by atoms with Gasteiger partial charge in [0.2, 0.25) is 5.91 Å². The summed E-state index contributed by atoms with van der Waals surface area (Å²) in [5.74, 6) is 0.537. The van der Waals surface area contributed by atoms with Gasteiger partial charge >= 0.3 is 0 Å². The number of carbonyl (C=O) groups excluding carboxylic acids is 1. The summed E-state index contributed by atoms with van der Waals surface area (Å²) in [6, 6.07) is 2.24. The molecule has 2 rings (SSSR count). The molecule has 0 fully saturated rings. The smallest absolute Gasteiger partial charge is 0.224 e. The standard InChI is InChI=1S/C14H16N2OS2/c1-3-12(17)16-13-11(7-15)9-5-4-8(2)6-10(9)14(18)19-13/h8H,3-6H2,1-2H3,(H,16,17)/t8-/m1/s1. The van der Waals surface area contributed by atoms with Gasteiger partial charge in [0.05, 0.1) is 9.39 Å². The number of rotatable bonds is 2. The molecular formula is C14H16N2OS2. The molecule has 5 heteroatoms. The van der Waals surface area contributed by atoms with Crippen molar-refractivity contribution in [1.82, 2.24) is 0 Å². The van der Waals surface area contributed by atoms with Gasteiger partial charge in [-0.3, -0.25) is 4.79 Å². The molecule has 0 spiro atoms. The summed E-state index contributed by atoms with van der Waals surface area (Å²) >= 11 is 6.78. The molecule has 0 aromatic carbocycles. The minimum absolute atomic E-state index is 0.0775. The van der Waals surface area contributed by atoms with Gasteiger partial charge in [-0.2, -0.15) is 5.26 Å². The largest absolute Gasteiger partial charge is 0.317 e. The van der Waals surface area contributed by atoms with E-state index in [2.05, 4.69) is 18.3 Å². The SMILES string of the molecule is CCC(=O)Nc1sc(=S)c2c(c1C#N)CC[C@@H](C)C2. The fourth-order valence-electron chi connectivity index (χ4n) is 2.36. The number of nitriles is 1. The van der Waals surface area contributed by atoms with Crippen molar-refractivity contribution in [1.29, 1.82) is 5.26 Å². The van der Waals surface area contributed by atoms with E-state index in [1.807, 2.05) is 0 Å². The first kappa shape index (κ1) is 14.2. The lowest BCUT2D eigenvalue weighted by molar-refractivity contribution is -0.115. The second-order valence-electron chi connectivity index (χ2n) is 4.91. The zero-order chi connectivity index (χ0) is 14.0. The summed E-state index contributed by atoms with van der Waals surface area (Å²) in [4.78, 5) is 11.5. The molecule has 1 atom stereocenters. The summed E-state index contributed by atoms with van der Waals surface area (Å²) in [5, 5.41) is 12.8. The third-order valence-corrected chi connectivity index (χ3v) is 4.90. The van der Waals surface area contributed by atoms with Crippen LogP contribution in [0, 0.1) is 21.1 Å². The molecular weight excluding hydrogens is 276 g/mol. The number of hydrogen-bond donors (Lipinski definition) is 1. The summed E-state index contributed by atoms with van der Waals surface area (Å²) in [6.45, 7) is 4.00. The highest BCUT2D eigenvalue weighted by Gasteiger charge is 2.22. The van der Waals surface area contributed by atoms with Gasteiger partial charge in [-0.25, -0.2) is 0 Å². The van der Waals surface area contributed by atoms with E-state index in [4.69, 9.17) is 12.2 Å². The summed E-state index contributed by atoms with van der Waals surface area (Å²) in [5.41, 5.74) is 2.81. The highest BCUT2D eigenvalue weighted by atomic mass is 32.1. The number of hydrogen-bond acceptors (Lipinski definition) is 4. The van der Waals surface area contributed by atoms with E-state index in [-0.39, 0.29) is 5.91 Å². The molecule has 0 saturated heterocycles. The van der Waals surface area contributed by atoms with Crippen molar-refractivity contribution in [2.75, 3.05) is 5.32 Å². The van der Waals surface area contributed by atoms with Crippen molar-refractivity contribution in [2.24, 2.45) is 5.92 Å². The van der Waals surface area contributed by atoms with Gasteiger partial charge in [0.1, 0.15) is 11.1 Å². The monoisotopic (exact) mass is 292 g/mol. The first-order chi connectivity index (χ1) is 9.06. The number of carbonyl (C=O) groups is 1. The summed E-state index contributed by atoms with van der Waals surface area (Å²) in [7, 11) is 0. The van der Waals surface area contributed by atoms with Crippen LogP contribution in [-0.4, -0.2) is 5.91 Å². The van der Waals surface area contributed by atoms with E-state index in [9.17, 15) is 10.1 Å². The summed E-state index contributed by atoms with van der Waals surface area (Å²) < 4.78 is 0.812. The van der Waals surface area contributed by atoms with Gasteiger partial charge in [0.25, 0.3) is 0 Å². The topological polar surface area (TPSA) is 52.9 Å². The van der Waals surface area contributed by atoms with Gasteiger partial charge in [-0.05, 0) is 36.3 Å². The van der Waals surface area contributed by atoms with Crippen LogP contribution in [0.4, 0.5) is 5.00 Å². The lowest BCUT2D eigenvalue weighted by Gasteiger charge is -2.23. The van der Waals surface area contributed by atoms with E-state index in [1.54, 1.807) is 6.92 Å². The molecule has 0 bridgehead atoms. The molecule has 0 aliphatic heterocycles. The Morgan fingerprint density at radius 1 is 1.58 bits per heavy atom. The van der Waals surface area contributed by atoms with Crippen LogP contribution in [-0.2, 0) is 17.6 Å². The van der Waals surface area contributed by atoms with Crippen LogP contribution >= 0.6 is 23.6 Å². The normalized spacial score (nSPS) is 17.4. The van der Waals surface area contributed by atoms with Crippen LogP contribution in [0.1, 0.15) is 43.4 Å². The van der Waals surface area contributed by atoms with Crippen molar-refractivity contribution >= 4 is 34.5 Å². The Balaban J connectivity index is 2.54. The van der Waals surface area contributed by atoms with Crippen molar-refractivity contribution in [3.63, 3.8) is 0 Å². The minimum Gasteiger partial charge on any atom is -0.317 e. The van der Waals surface area contributed by atoms with Crippen LogP contribution in [0.3, 0.4) is 0 Å². The van der Waals surface area contributed by atoms with E-state index in [0.717, 1.165) is 34.2 Å². The average Bonchev–Trinajstić information content (AvgIpc) is 2.39. The fraction of sp³-hybridized carbons (Fsp3) is 0.500. The number of fused-ring (bicyclic) bond motifs is 1. The van der Waals surface area contributed by atoms with E-state index >= 15 is 0 Å². The number of anilines is 1. The van der Waals surface area contributed by atoms with Gasteiger partial charge in [-0.15, -0.1) is 11.3 Å². The van der Waals surface area contributed by atoms with E-state index in [0.29, 0.717) is 22.9 Å². The predicted molar refractivity (Wildman–Crippen MR) is 80.0 cm³/mol. The molecule has 1 amide bonds. The maximum Gasteiger partial charge on any atom is 0.224 e. The Hall–Kier alpha value is -1.25. The van der Waals surface area contributed by atoms with Gasteiger partial charge in [-0.1, -0.05) is 26.1 Å². The molecule has 100 valence electrons. The summed E-state index contributed by atoms with van der Waals surface area (Å²) in [6.07, 6.45) is 3.30. The quantitative estimate of drug-likeness (QED) is 0.843. The second kappa shape index (κ2) is 5.81. The zero-order valence-corrected chi connectivity index (χ0v) is 12.7. The van der Waals surface area contributed by atoms with E-state index < -0.39 is 0 Å². The van der Waals surface area contributed by atoms with Crippen LogP contribution in [0.25, 0.3) is 0 Å². The van der Waals surface area contributed by atoms with Crippen LogP contribution < -0.4 is 5.32 Å². The van der Waals surface area contributed by atoms with Crippen molar-refractivity contribution in [3.8, 4) is 6.07 Å². The zero-order valence-electron chi connectivity index (χ0n) is 11.1. The Morgan fingerprint density at radius 3 is 2.95 bits per heavy atom. The highest BCUT2D eigenvalue weighted by molar-refractivity contribution is 7.73. The van der Waals surface area contributed by atoms with E-state index in [1.165, 1.54) is 11.3 Å². The highest BCUT2D eigenvalue weighted by Crippen LogP contribution is 2.35. The Labute approximate surface area is 122 Å². The number of nitrogens with one attached hydrogen (secondary N) is 1. The third-order valence-electron chi connectivity index (χ3n) is 3.46. The first-order valence-electron chi connectivity index (χ1n) is 6.45. The molecule has 1 heterocycles. The Bertz CT molecular complexity index is 613. The first-order valence-corrected chi connectivity index (χ1v) is 7.68. The maximum atomic E-state index is 11.5. The van der Waals surface area contributed by atoms with Crippen molar-refractivity contribution in [2.45, 2.75) is 39.5 Å². The molecule has 1 aromatic rings. The van der Waals surface area contributed by atoms with Crippen LogP contribution in [0.5, 0.6) is 0 Å². The Kier molecular flexibility index (Phi) is 4.33. The van der Waals surface area contributed by atoms with Crippen LogP contribution in [0.2, 0.25) is 0 Å². The number of amides is 1. The van der Waals surface area contributed by atoms with Gasteiger partial charge in [0, 0.05) is 6.42 Å². The molecule has 1 N–H and O–H groups in total. The second-order valence-corrected chi connectivity index (χ2v) is 6.60. The molecule has 0 radical (unpaired) electrons. The molecule has 1 aliphatic rings. The lowest BCUT2D eigenvalue weighted by atomic mass is 9.85. The molecule has 0 saturated carbocycles. The van der Waals surface area contributed by atoms with Gasteiger partial charge in [0.15, 0.2) is 0 Å². The van der Waals surface area contributed by atoms with Crippen LogP contribution in [0.15, 0.2) is 0 Å². The van der Waals surface area contributed by atoms with Crippen molar-refractivity contribution < 1.29 is 4.79 Å². The van der Waals surface area contributed by atoms with Gasteiger partial charge < -0.3 is 5.32 Å². The predicted octanol–water partition coefficient (Wildman–Crippen LogP) is 3.82. The lowest BCUT2D eigenvalue weighted by Crippen LogP contribution is -2.16. The molecule has 19 heavy (non-hydrogen) atoms. The van der Waals surface area contributed by atoms with Crippen molar-refractivity contribution in [3.05, 3.63) is 20.5 Å². The molecule has 1 aliphatic carbocycles. The average molecular weight is 292 g/mol. The molecule has 3 nitrogen and oxygen atoms in total. The minimum atomic E-state index is -0.0775. The number of nitrogens with zero attached hydrogens (tertiary/aromatic N) is 1.